The summed E-state index contributed by atoms with van der Waals surface area (Å²) in [6.07, 6.45) is 3.67. The smallest absolute Gasteiger partial charge is 0.335 e. The molecule has 5 nitrogen and oxygen atoms in total. The van der Waals surface area contributed by atoms with Crippen molar-refractivity contribution in [1.82, 2.24) is 0 Å². The lowest BCUT2D eigenvalue weighted by molar-refractivity contribution is -0.117. The summed E-state index contributed by atoms with van der Waals surface area (Å²) in [5.41, 5.74) is 2.20. The maximum Gasteiger partial charge on any atom is 0.335 e. The number of carboxylic acid groups (broad SMARTS) is 1. The molecule has 5 heteroatoms. The van der Waals surface area contributed by atoms with Gasteiger partial charge in [0, 0.05) is 12.1 Å². The van der Waals surface area contributed by atoms with Crippen molar-refractivity contribution >= 4 is 17.6 Å². The van der Waals surface area contributed by atoms with Crippen LogP contribution in [0.15, 0.2) is 54.6 Å². The Morgan fingerprint density at radius 2 is 1.63 bits per heavy atom. The van der Waals surface area contributed by atoms with Gasteiger partial charge in [-0.2, -0.15) is 0 Å². The number of anilines is 1. The number of hydrogen-bond donors (Lipinski definition) is 2. The van der Waals surface area contributed by atoms with E-state index >= 15 is 0 Å². The van der Waals surface area contributed by atoms with Gasteiger partial charge in [0.05, 0.1) is 17.8 Å². The summed E-state index contributed by atoms with van der Waals surface area (Å²) < 4.78 is 6.11. The number of carbonyl (C=O) groups excluding carboxylic acids is 1. The number of carboxylic acids is 1. The SMILES string of the molecule is O=C(C[C@@H]1[C@@H](Cc2ccc(C(=O)O)cc2)[C@H]2CC[C@@H]1O2)Nc1ccccc1. The number of nitrogens with one attached hydrogen (secondary N) is 1. The molecule has 0 radical (unpaired) electrons. The minimum absolute atomic E-state index is 0.0218. The van der Waals surface area contributed by atoms with E-state index in [1.165, 1.54) is 0 Å². The highest BCUT2D eigenvalue weighted by Gasteiger charge is 2.49. The third-order valence-corrected chi connectivity index (χ3v) is 5.74. The fraction of sp³-hybridized carbons (Fsp3) is 0.364. The van der Waals surface area contributed by atoms with Crippen molar-refractivity contribution in [3.05, 3.63) is 65.7 Å². The zero-order valence-corrected chi connectivity index (χ0v) is 15.0. The quantitative estimate of drug-likeness (QED) is 0.817. The molecule has 4 atom stereocenters. The molecule has 2 aromatic rings. The van der Waals surface area contributed by atoms with Gasteiger partial charge in [0.15, 0.2) is 0 Å². The lowest BCUT2D eigenvalue weighted by Gasteiger charge is -2.27. The Hall–Kier alpha value is -2.66. The van der Waals surface area contributed by atoms with E-state index in [9.17, 15) is 9.59 Å². The molecule has 140 valence electrons. The molecule has 2 aliphatic rings. The Kier molecular flexibility index (Phi) is 4.94. The normalized spacial score (nSPS) is 26.1. The van der Waals surface area contributed by atoms with Gasteiger partial charge in [-0.1, -0.05) is 30.3 Å². The van der Waals surface area contributed by atoms with Gasteiger partial charge in [0.1, 0.15) is 0 Å². The number of fused-ring (bicyclic) bond motifs is 2. The largest absolute Gasteiger partial charge is 0.478 e. The van der Waals surface area contributed by atoms with Gasteiger partial charge in [-0.05, 0) is 60.9 Å². The number of hydrogen-bond acceptors (Lipinski definition) is 3. The number of para-hydroxylation sites is 1. The summed E-state index contributed by atoms with van der Waals surface area (Å²) in [6, 6.07) is 16.5. The monoisotopic (exact) mass is 365 g/mol. The van der Waals surface area contributed by atoms with Crippen LogP contribution in [0, 0.1) is 11.8 Å². The van der Waals surface area contributed by atoms with Gasteiger partial charge in [0.2, 0.25) is 5.91 Å². The number of carbonyl (C=O) groups is 2. The van der Waals surface area contributed by atoms with Gasteiger partial charge in [-0.15, -0.1) is 0 Å². The van der Waals surface area contributed by atoms with Crippen molar-refractivity contribution in [3.63, 3.8) is 0 Å². The van der Waals surface area contributed by atoms with Crippen LogP contribution in [0.2, 0.25) is 0 Å². The molecule has 2 N–H and O–H groups in total. The molecule has 4 rings (SSSR count). The van der Waals surface area contributed by atoms with Crippen LogP contribution < -0.4 is 5.32 Å². The van der Waals surface area contributed by atoms with E-state index < -0.39 is 5.97 Å². The van der Waals surface area contributed by atoms with E-state index in [0.29, 0.717) is 17.9 Å². The fourth-order valence-corrected chi connectivity index (χ4v) is 4.44. The van der Waals surface area contributed by atoms with Crippen molar-refractivity contribution in [1.29, 1.82) is 0 Å². The molecule has 2 aromatic carbocycles. The van der Waals surface area contributed by atoms with Crippen LogP contribution in [0.4, 0.5) is 5.69 Å². The molecule has 0 aliphatic carbocycles. The number of benzene rings is 2. The first-order chi connectivity index (χ1) is 13.1. The average molecular weight is 365 g/mol. The Morgan fingerprint density at radius 1 is 0.963 bits per heavy atom. The Morgan fingerprint density at radius 3 is 2.30 bits per heavy atom. The molecule has 2 saturated heterocycles. The molecule has 27 heavy (non-hydrogen) atoms. The Bertz CT molecular complexity index is 818. The van der Waals surface area contributed by atoms with Gasteiger partial charge in [0.25, 0.3) is 0 Å². The van der Waals surface area contributed by atoms with Crippen LogP contribution in [0.5, 0.6) is 0 Å². The van der Waals surface area contributed by atoms with E-state index in [1.807, 2.05) is 42.5 Å². The van der Waals surface area contributed by atoms with E-state index in [0.717, 1.165) is 30.5 Å². The van der Waals surface area contributed by atoms with Crippen LogP contribution in [0.3, 0.4) is 0 Å². The third kappa shape index (κ3) is 3.88. The maximum atomic E-state index is 12.5. The highest BCUT2D eigenvalue weighted by Crippen LogP contribution is 2.46. The maximum absolute atomic E-state index is 12.5. The van der Waals surface area contributed by atoms with Gasteiger partial charge >= 0.3 is 5.97 Å². The van der Waals surface area contributed by atoms with Crippen LogP contribution in [0.25, 0.3) is 0 Å². The van der Waals surface area contributed by atoms with Crippen LogP contribution in [0.1, 0.15) is 35.2 Å². The number of amides is 1. The third-order valence-electron chi connectivity index (χ3n) is 5.74. The second-order valence-electron chi connectivity index (χ2n) is 7.44. The summed E-state index contributed by atoms with van der Waals surface area (Å²) >= 11 is 0. The topological polar surface area (TPSA) is 75.6 Å². The summed E-state index contributed by atoms with van der Waals surface area (Å²) in [6.45, 7) is 0. The summed E-state index contributed by atoms with van der Waals surface area (Å²) in [5, 5.41) is 12.0. The molecule has 2 heterocycles. The molecular formula is C22H23NO4. The molecule has 2 fully saturated rings. The van der Waals surface area contributed by atoms with E-state index in [2.05, 4.69) is 5.32 Å². The van der Waals surface area contributed by atoms with Crippen molar-refractivity contribution < 1.29 is 19.4 Å². The molecular weight excluding hydrogens is 342 g/mol. The predicted molar refractivity (Wildman–Crippen MR) is 102 cm³/mol. The first kappa shape index (κ1) is 17.7. The lowest BCUT2D eigenvalue weighted by atomic mass is 9.74. The van der Waals surface area contributed by atoms with Crippen molar-refractivity contribution in [2.45, 2.75) is 37.9 Å². The van der Waals surface area contributed by atoms with Crippen molar-refractivity contribution in [3.8, 4) is 0 Å². The van der Waals surface area contributed by atoms with Gasteiger partial charge in [-0.3, -0.25) is 4.79 Å². The molecule has 0 aromatic heterocycles. The number of ether oxygens (including phenoxy) is 1. The molecule has 0 saturated carbocycles. The minimum Gasteiger partial charge on any atom is -0.478 e. The second kappa shape index (κ2) is 7.53. The van der Waals surface area contributed by atoms with Gasteiger partial charge < -0.3 is 15.2 Å². The fourth-order valence-electron chi connectivity index (χ4n) is 4.44. The summed E-state index contributed by atoms with van der Waals surface area (Å²) in [5.74, 6) is -0.401. The first-order valence-electron chi connectivity index (χ1n) is 9.43. The highest BCUT2D eigenvalue weighted by molar-refractivity contribution is 5.91. The zero-order chi connectivity index (χ0) is 18.8. The molecule has 2 bridgehead atoms. The van der Waals surface area contributed by atoms with Crippen molar-refractivity contribution in [2.24, 2.45) is 11.8 Å². The summed E-state index contributed by atoms with van der Waals surface area (Å²) in [7, 11) is 0. The number of aromatic carboxylic acids is 1. The number of rotatable bonds is 6. The van der Waals surface area contributed by atoms with Crippen molar-refractivity contribution in [2.75, 3.05) is 5.32 Å². The summed E-state index contributed by atoms with van der Waals surface area (Å²) in [4.78, 5) is 23.6. The van der Waals surface area contributed by atoms with E-state index in [4.69, 9.17) is 9.84 Å². The predicted octanol–water partition coefficient (Wildman–Crippen LogP) is 3.75. The van der Waals surface area contributed by atoms with Crippen LogP contribution in [-0.4, -0.2) is 29.2 Å². The molecule has 2 aliphatic heterocycles. The molecule has 0 unspecified atom stereocenters. The Labute approximate surface area is 158 Å². The zero-order valence-electron chi connectivity index (χ0n) is 15.0. The highest BCUT2D eigenvalue weighted by atomic mass is 16.5. The molecule has 1 amide bonds. The van der Waals surface area contributed by atoms with E-state index in [1.54, 1.807) is 12.1 Å². The second-order valence-corrected chi connectivity index (χ2v) is 7.44. The van der Waals surface area contributed by atoms with Crippen LogP contribution in [-0.2, 0) is 16.0 Å². The molecule has 0 spiro atoms. The average Bonchev–Trinajstić information content (AvgIpc) is 3.26. The van der Waals surface area contributed by atoms with Crippen LogP contribution >= 0.6 is 0 Å². The lowest BCUT2D eigenvalue weighted by Crippen LogP contribution is -2.32. The van der Waals surface area contributed by atoms with E-state index in [-0.39, 0.29) is 24.0 Å². The minimum atomic E-state index is -0.916. The Balaban J connectivity index is 1.43. The van der Waals surface area contributed by atoms with Gasteiger partial charge in [-0.25, -0.2) is 4.79 Å². The first-order valence-corrected chi connectivity index (χ1v) is 9.43. The standard InChI is InChI=1S/C22H23NO4/c24-21(23-16-4-2-1-3-5-16)13-18-17(19-10-11-20(18)27-19)12-14-6-8-15(9-7-14)22(25)26/h1-9,17-20H,10-13H2,(H,23,24)(H,25,26)/t17-,18-,19-,20+/m1/s1.